The van der Waals surface area contributed by atoms with Crippen LogP contribution in [0, 0.1) is 0 Å². The molecule has 0 atom stereocenters. The van der Waals surface area contributed by atoms with Gasteiger partial charge in [-0.15, -0.1) is 0 Å². The highest BCUT2D eigenvalue weighted by molar-refractivity contribution is 6.12. The van der Waals surface area contributed by atoms with Gasteiger partial charge in [-0.2, -0.15) is 0 Å². The SMILES string of the molecule is c1ccc(-c2ccc(-n3c4ccccc4c4ccc(-c5ccc6c(c5)c5ccccc5n6-c5cc(-c6ccccc6)cc(-c6ccccc6)n5)cc43)cc2)cc1. The second-order valence-electron chi connectivity index (χ2n) is 14.4. The molecular weight excluding hydrogens is 679 g/mol. The van der Waals surface area contributed by atoms with Gasteiger partial charge >= 0.3 is 0 Å². The standard InChI is InChI=1S/C53H35N3/c1-4-14-36(15-5-1)38-24-28-43(29-25-38)55-49-22-12-10-20-44(49)46-30-26-41(34-52(46)55)40-27-31-51-47(32-40)45-21-11-13-23-50(45)56(51)53-35-42(37-16-6-2-7-17-37)33-48(54-53)39-18-8-3-9-19-39/h1-35H. The summed E-state index contributed by atoms with van der Waals surface area (Å²) in [6.07, 6.45) is 0. The molecule has 8 aromatic carbocycles. The van der Waals surface area contributed by atoms with Crippen LogP contribution in [-0.4, -0.2) is 14.1 Å². The van der Waals surface area contributed by atoms with Gasteiger partial charge in [-0.3, -0.25) is 4.57 Å². The maximum absolute atomic E-state index is 5.33. The normalized spacial score (nSPS) is 11.6. The molecule has 0 saturated carbocycles. The molecule has 3 nitrogen and oxygen atoms in total. The minimum Gasteiger partial charge on any atom is -0.309 e. The fraction of sp³-hybridized carbons (Fsp3) is 0. The molecule has 0 saturated heterocycles. The molecule has 0 aliphatic carbocycles. The average molecular weight is 714 g/mol. The van der Waals surface area contributed by atoms with Crippen LogP contribution in [0.3, 0.4) is 0 Å². The summed E-state index contributed by atoms with van der Waals surface area (Å²) in [6.45, 7) is 0. The van der Waals surface area contributed by atoms with E-state index in [0.717, 1.165) is 44.9 Å². The fourth-order valence-corrected chi connectivity index (χ4v) is 8.45. The summed E-state index contributed by atoms with van der Waals surface area (Å²) in [4.78, 5) is 5.33. The number of fused-ring (bicyclic) bond motifs is 6. The fourth-order valence-electron chi connectivity index (χ4n) is 8.45. The third-order valence-electron chi connectivity index (χ3n) is 11.1. The lowest BCUT2D eigenvalue weighted by Gasteiger charge is -2.13. The first-order valence-corrected chi connectivity index (χ1v) is 19.1. The smallest absolute Gasteiger partial charge is 0.138 e. The minimum absolute atomic E-state index is 0.897. The topological polar surface area (TPSA) is 22.8 Å². The van der Waals surface area contributed by atoms with Gasteiger partial charge in [0, 0.05) is 32.8 Å². The number of nitrogens with zero attached hydrogens (tertiary/aromatic N) is 3. The summed E-state index contributed by atoms with van der Waals surface area (Å²) in [5, 5.41) is 4.89. The third kappa shape index (κ3) is 5.32. The van der Waals surface area contributed by atoms with Crippen LogP contribution in [0.1, 0.15) is 0 Å². The summed E-state index contributed by atoms with van der Waals surface area (Å²) in [5.74, 6) is 0.897. The molecule has 11 rings (SSSR count). The molecule has 0 unspecified atom stereocenters. The zero-order chi connectivity index (χ0) is 37.0. The molecule has 0 aliphatic rings. The van der Waals surface area contributed by atoms with Gasteiger partial charge in [-0.05, 0) is 88.0 Å². The molecule has 3 aromatic heterocycles. The molecule has 0 aliphatic heterocycles. The van der Waals surface area contributed by atoms with Crippen molar-refractivity contribution in [2.45, 2.75) is 0 Å². The molecule has 3 heterocycles. The van der Waals surface area contributed by atoms with E-state index in [-0.39, 0.29) is 0 Å². The lowest BCUT2D eigenvalue weighted by Crippen LogP contribution is -2.00. The van der Waals surface area contributed by atoms with Crippen molar-refractivity contribution in [3.05, 3.63) is 212 Å². The van der Waals surface area contributed by atoms with Gasteiger partial charge in [-0.1, -0.05) is 158 Å². The Morgan fingerprint density at radius 3 is 1.45 bits per heavy atom. The van der Waals surface area contributed by atoms with Crippen LogP contribution in [-0.2, 0) is 0 Å². The van der Waals surface area contributed by atoms with Crippen LogP contribution >= 0.6 is 0 Å². The van der Waals surface area contributed by atoms with Gasteiger partial charge in [-0.25, -0.2) is 4.98 Å². The van der Waals surface area contributed by atoms with Crippen molar-refractivity contribution in [1.29, 1.82) is 0 Å². The van der Waals surface area contributed by atoms with Crippen molar-refractivity contribution in [3.63, 3.8) is 0 Å². The van der Waals surface area contributed by atoms with E-state index in [0.29, 0.717) is 0 Å². The maximum atomic E-state index is 5.33. The van der Waals surface area contributed by atoms with Crippen molar-refractivity contribution < 1.29 is 0 Å². The lowest BCUT2D eigenvalue weighted by atomic mass is 10.0. The largest absolute Gasteiger partial charge is 0.309 e. The summed E-state index contributed by atoms with van der Waals surface area (Å²) in [7, 11) is 0. The summed E-state index contributed by atoms with van der Waals surface area (Å²) in [5.41, 5.74) is 14.9. The quantitative estimate of drug-likeness (QED) is 0.168. The highest BCUT2D eigenvalue weighted by Gasteiger charge is 2.18. The first-order valence-electron chi connectivity index (χ1n) is 19.1. The van der Waals surface area contributed by atoms with E-state index in [1.54, 1.807) is 0 Å². The van der Waals surface area contributed by atoms with Crippen LogP contribution in [0.25, 0.3) is 99.8 Å². The van der Waals surface area contributed by atoms with Gasteiger partial charge in [0.15, 0.2) is 0 Å². The second kappa shape index (κ2) is 13.1. The molecule has 0 N–H and O–H groups in total. The van der Waals surface area contributed by atoms with Gasteiger partial charge in [0.2, 0.25) is 0 Å². The number of hydrogen-bond acceptors (Lipinski definition) is 1. The molecular formula is C53H35N3. The molecule has 0 fully saturated rings. The Morgan fingerprint density at radius 1 is 0.268 bits per heavy atom. The molecule has 56 heavy (non-hydrogen) atoms. The number of rotatable bonds is 6. The molecule has 0 spiro atoms. The Kier molecular flexibility index (Phi) is 7.49. The van der Waals surface area contributed by atoms with E-state index in [1.165, 1.54) is 54.8 Å². The monoisotopic (exact) mass is 713 g/mol. The van der Waals surface area contributed by atoms with E-state index < -0.39 is 0 Å². The van der Waals surface area contributed by atoms with Gasteiger partial charge in [0.1, 0.15) is 5.82 Å². The van der Waals surface area contributed by atoms with E-state index in [9.17, 15) is 0 Å². The van der Waals surface area contributed by atoms with Gasteiger partial charge in [0.25, 0.3) is 0 Å². The lowest BCUT2D eigenvalue weighted by molar-refractivity contribution is 1.08. The average Bonchev–Trinajstić information content (AvgIpc) is 3.79. The van der Waals surface area contributed by atoms with Crippen LogP contribution in [0.15, 0.2) is 212 Å². The Bertz CT molecular complexity index is 3150. The van der Waals surface area contributed by atoms with Crippen LogP contribution in [0.4, 0.5) is 0 Å². The molecule has 0 bridgehead atoms. The van der Waals surface area contributed by atoms with Crippen molar-refractivity contribution in [2.75, 3.05) is 0 Å². The Labute approximate surface area is 325 Å². The van der Waals surface area contributed by atoms with Crippen LogP contribution < -0.4 is 0 Å². The minimum atomic E-state index is 0.897. The predicted octanol–water partition coefficient (Wildman–Crippen LogP) is 13.9. The van der Waals surface area contributed by atoms with Crippen molar-refractivity contribution >= 4 is 43.6 Å². The number of para-hydroxylation sites is 2. The molecule has 11 aromatic rings. The van der Waals surface area contributed by atoms with E-state index in [4.69, 9.17) is 4.98 Å². The number of aromatic nitrogens is 3. The summed E-state index contributed by atoms with van der Waals surface area (Å²) >= 11 is 0. The van der Waals surface area contributed by atoms with Crippen molar-refractivity contribution in [3.8, 4) is 56.1 Å². The Morgan fingerprint density at radius 2 is 0.750 bits per heavy atom. The van der Waals surface area contributed by atoms with Gasteiger partial charge in [0.05, 0.1) is 27.8 Å². The molecule has 262 valence electrons. The first kappa shape index (κ1) is 32.0. The molecule has 0 amide bonds. The maximum Gasteiger partial charge on any atom is 0.138 e. The van der Waals surface area contributed by atoms with Gasteiger partial charge < -0.3 is 4.57 Å². The molecule has 3 heteroatoms. The molecule has 0 radical (unpaired) electrons. The Hall–Kier alpha value is -7.49. The highest BCUT2D eigenvalue weighted by Crippen LogP contribution is 2.39. The zero-order valence-electron chi connectivity index (χ0n) is 30.5. The van der Waals surface area contributed by atoms with Crippen LogP contribution in [0.2, 0.25) is 0 Å². The first-order chi connectivity index (χ1) is 27.8. The number of benzene rings is 8. The summed E-state index contributed by atoms with van der Waals surface area (Å²) < 4.78 is 4.73. The van der Waals surface area contributed by atoms with Crippen molar-refractivity contribution in [2.24, 2.45) is 0 Å². The van der Waals surface area contributed by atoms with E-state index >= 15 is 0 Å². The Balaban J connectivity index is 1.08. The highest BCUT2D eigenvalue weighted by atomic mass is 15.1. The second-order valence-corrected chi connectivity index (χ2v) is 14.4. The number of pyridine rings is 1. The van der Waals surface area contributed by atoms with E-state index in [1.807, 2.05) is 0 Å². The van der Waals surface area contributed by atoms with Crippen molar-refractivity contribution in [1.82, 2.24) is 14.1 Å². The third-order valence-corrected chi connectivity index (χ3v) is 11.1. The summed E-state index contributed by atoms with van der Waals surface area (Å²) in [6, 6.07) is 76.2. The predicted molar refractivity (Wildman–Crippen MR) is 235 cm³/mol. The van der Waals surface area contributed by atoms with E-state index in [2.05, 4.69) is 221 Å². The number of hydrogen-bond donors (Lipinski definition) is 0. The zero-order valence-corrected chi connectivity index (χ0v) is 30.5. The van der Waals surface area contributed by atoms with Crippen LogP contribution in [0.5, 0.6) is 0 Å².